The van der Waals surface area contributed by atoms with Gasteiger partial charge in [0.05, 0.1) is 26.4 Å². The van der Waals surface area contributed by atoms with Gasteiger partial charge in [-0.05, 0) is 128 Å². The number of carbonyl (C=O) groups is 4. The molecule has 604 valence electrons. The molecule has 0 bridgehead atoms. The minimum Gasteiger partial charge on any atom is -0.462 e. The molecule has 5 unspecified atom stereocenters. The maximum absolute atomic E-state index is 13.1. The summed E-state index contributed by atoms with van der Waals surface area (Å²) in [5.74, 6) is -2.19. The third-order valence-corrected chi connectivity index (χ3v) is 19.7. The molecule has 0 amide bonds. The Balaban J connectivity index is 5.36. The number of unbranched alkanes of at least 4 members (excludes halogenated alkanes) is 39. The second-order valence-electron chi connectivity index (χ2n) is 28.1. The molecule has 5 atom stereocenters. The molecule has 0 saturated carbocycles. The Labute approximate surface area is 634 Å². The largest absolute Gasteiger partial charge is 0.472 e. The summed E-state index contributed by atoms with van der Waals surface area (Å²) in [6.45, 7) is 4.82. The molecule has 0 spiro atoms. The van der Waals surface area contributed by atoms with Crippen molar-refractivity contribution in [2.24, 2.45) is 0 Å². The fraction of sp³-hybridized carbons (Fsp3) is 0.788. The van der Waals surface area contributed by atoms with Crippen molar-refractivity contribution in [1.82, 2.24) is 0 Å². The summed E-state index contributed by atoms with van der Waals surface area (Å²) in [6, 6.07) is 0. The molecule has 0 fully saturated rings. The Morgan fingerprint density at radius 1 is 0.269 bits per heavy atom. The zero-order valence-corrected chi connectivity index (χ0v) is 68.0. The molecule has 3 N–H and O–H groups in total. The number of esters is 4. The summed E-state index contributed by atoms with van der Waals surface area (Å²) in [6.07, 6.45) is 81.1. The number of aliphatic hydroxyl groups is 1. The van der Waals surface area contributed by atoms with Crippen LogP contribution < -0.4 is 0 Å². The highest BCUT2D eigenvalue weighted by atomic mass is 31.2. The molecule has 0 aromatic heterocycles. The Morgan fingerprint density at radius 3 is 0.740 bits per heavy atom. The summed E-state index contributed by atoms with van der Waals surface area (Å²) >= 11 is 0. The fourth-order valence-electron chi connectivity index (χ4n) is 11.4. The van der Waals surface area contributed by atoms with E-state index >= 15 is 0 Å². The van der Waals surface area contributed by atoms with Crippen molar-refractivity contribution in [2.45, 2.75) is 393 Å². The Morgan fingerprint density at radius 2 is 0.471 bits per heavy atom. The zero-order valence-electron chi connectivity index (χ0n) is 66.2. The normalized spacial score (nSPS) is 14.3. The standard InChI is InChI=1S/C85H152O17P2/c1-5-9-13-17-21-25-29-33-37-38-39-40-44-46-50-54-58-62-66-70-83(88)96-76-81(102-85(90)72-68-64-60-56-52-48-43-36-32-28-24-20-16-12-8-4)78-100-104(93,94)98-74-79(86)73-97-103(91,92)99-77-80(101-84(89)71-67-63-59-55-51-47-42-35-31-27-23-19-15-11-7-3)75-95-82(87)69-65-61-57-53-49-45-41-34-30-26-22-18-14-10-6-2/h21-22,24-26,28,33-34,36-37,39-41,43,79-81,86H,5-20,23,27,29-32,35,38,42,44-78H2,1-4H3,(H,91,92)(H,93,94)/b25-21-,26-22-,28-24-,37-33-,40-39-,41-34-,43-36-. The van der Waals surface area contributed by atoms with Crippen molar-refractivity contribution < 1.29 is 80.2 Å². The lowest BCUT2D eigenvalue weighted by Crippen LogP contribution is -2.30. The molecule has 0 aliphatic rings. The van der Waals surface area contributed by atoms with Crippen LogP contribution in [0.25, 0.3) is 0 Å². The van der Waals surface area contributed by atoms with Gasteiger partial charge in [0.2, 0.25) is 0 Å². The lowest BCUT2D eigenvalue weighted by Gasteiger charge is -2.21. The molecular weight excluding hydrogens is 1350 g/mol. The van der Waals surface area contributed by atoms with E-state index in [1.165, 1.54) is 122 Å². The predicted octanol–water partition coefficient (Wildman–Crippen LogP) is 24.6. The summed E-state index contributed by atoms with van der Waals surface area (Å²) in [4.78, 5) is 73.1. The summed E-state index contributed by atoms with van der Waals surface area (Å²) in [7, 11) is -9.96. The maximum Gasteiger partial charge on any atom is 0.472 e. The van der Waals surface area contributed by atoms with E-state index in [-0.39, 0.29) is 25.7 Å². The van der Waals surface area contributed by atoms with Crippen molar-refractivity contribution in [3.05, 3.63) is 85.1 Å². The maximum atomic E-state index is 13.1. The highest BCUT2D eigenvalue weighted by Gasteiger charge is 2.30. The van der Waals surface area contributed by atoms with Gasteiger partial charge in [-0.3, -0.25) is 37.3 Å². The van der Waals surface area contributed by atoms with Crippen LogP contribution in [0.3, 0.4) is 0 Å². The van der Waals surface area contributed by atoms with Crippen molar-refractivity contribution in [1.29, 1.82) is 0 Å². The van der Waals surface area contributed by atoms with Crippen LogP contribution in [-0.4, -0.2) is 96.7 Å². The van der Waals surface area contributed by atoms with Crippen LogP contribution in [0.1, 0.15) is 374 Å². The summed E-state index contributed by atoms with van der Waals surface area (Å²) < 4.78 is 68.7. The molecule has 0 saturated heterocycles. The Kier molecular flexibility index (Phi) is 74.6. The summed E-state index contributed by atoms with van der Waals surface area (Å²) in [5.41, 5.74) is 0. The Hall–Kier alpha value is -3.76. The van der Waals surface area contributed by atoms with E-state index in [1.807, 2.05) is 0 Å². The van der Waals surface area contributed by atoms with E-state index < -0.39 is 97.5 Å². The molecule has 0 radical (unpaired) electrons. The lowest BCUT2D eigenvalue weighted by molar-refractivity contribution is -0.161. The molecule has 0 aliphatic heterocycles. The van der Waals surface area contributed by atoms with E-state index in [0.29, 0.717) is 25.7 Å². The van der Waals surface area contributed by atoms with Gasteiger partial charge in [0.15, 0.2) is 12.2 Å². The monoisotopic (exact) mass is 1510 g/mol. The molecule has 17 nitrogen and oxygen atoms in total. The zero-order chi connectivity index (χ0) is 76.0. The first-order valence-corrected chi connectivity index (χ1v) is 44.8. The van der Waals surface area contributed by atoms with Gasteiger partial charge in [0, 0.05) is 25.7 Å². The molecule has 0 aromatic rings. The minimum atomic E-state index is -4.98. The van der Waals surface area contributed by atoms with E-state index in [1.54, 1.807) is 0 Å². The average Bonchev–Trinajstić information content (AvgIpc) is 0.918. The first kappa shape index (κ1) is 100. The number of hydrogen-bond donors (Lipinski definition) is 3. The van der Waals surface area contributed by atoms with E-state index in [0.717, 1.165) is 173 Å². The van der Waals surface area contributed by atoms with Gasteiger partial charge < -0.3 is 33.8 Å². The fourth-order valence-corrected chi connectivity index (χ4v) is 13.0. The summed E-state index contributed by atoms with van der Waals surface area (Å²) in [5, 5.41) is 10.7. The van der Waals surface area contributed by atoms with Crippen molar-refractivity contribution >= 4 is 39.5 Å². The number of phosphoric acid groups is 2. The smallest absolute Gasteiger partial charge is 0.462 e. The molecule has 0 rings (SSSR count). The van der Waals surface area contributed by atoms with E-state index in [2.05, 4.69) is 113 Å². The Bertz CT molecular complexity index is 2300. The van der Waals surface area contributed by atoms with Gasteiger partial charge in [-0.25, -0.2) is 9.13 Å². The predicted molar refractivity (Wildman–Crippen MR) is 427 cm³/mol. The topological polar surface area (TPSA) is 237 Å². The second-order valence-corrected chi connectivity index (χ2v) is 31.0. The third-order valence-electron chi connectivity index (χ3n) is 17.8. The van der Waals surface area contributed by atoms with Crippen LogP contribution >= 0.6 is 15.6 Å². The van der Waals surface area contributed by atoms with Crippen LogP contribution in [0.2, 0.25) is 0 Å². The molecule has 0 heterocycles. The van der Waals surface area contributed by atoms with Crippen LogP contribution in [0, 0.1) is 0 Å². The van der Waals surface area contributed by atoms with Crippen molar-refractivity contribution in [3.8, 4) is 0 Å². The third kappa shape index (κ3) is 76.4. The SMILES string of the molecule is CCCCC/C=C\C/C=C\C/C=C\CCCCCCCCC(=O)OCC(COP(=O)(O)OCC(O)COP(=O)(O)OCC(COC(=O)CCCCCCC/C=C\C/C=C\CCCCC)OC(=O)CCCCCCCCCCCCCCCCC)OC(=O)CCCCCCC/C=C\C/C=C\CCCCC. The number of carbonyl (C=O) groups excluding carboxylic acids is 4. The van der Waals surface area contributed by atoms with Gasteiger partial charge >= 0.3 is 39.5 Å². The first-order chi connectivity index (χ1) is 50.7. The number of allylic oxidation sites excluding steroid dienone is 14. The first-order valence-electron chi connectivity index (χ1n) is 41.8. The van der Waals surface area contributed by atoms with Crippen LogP contribution in [-0.2, 0) is 65.4 Å². The second kappa shape index (κ2) is 77.4. The van der Waals surface area contributed by atoms with Gasteiger partial charge in [0.25, 0.3) is 0 Å². The minimum absolute atomic E-state index is 0.0773. The number of hydrogen-bond acceptors (Lipinski definition) is 15. The highest BCUT2D eigenvalue weighted by Crippen LogP contribution is 2.45. The lowest BCUT2D eigenvalue weighted by atomic mass is 10.0. The molecule has 104 heavy (non-hydrogen) atoms. The van der Waals surface area contributed by atoms with Crippen LogP contribution in [0.5, 0.6) is 0 Å². The van der Waals surface area contributed by atoms with Gasteiger partial charge in [-0.15, -0.1) is 0 Å². The van der Waals surface area contributed by atoms with Gasteiger partial charge in [0.1, 0.15) is 19.3 Å². The van der Waals surface area contributed by atoms with Crippen LogP contribution in [0.4, 0.5) is 0 Å². The average molecular weight is 1510 g/mol. The number of aliphatic hydroxyl groups excluding tert-OH is 1. The quantitative estimate of drug-likeness (QED) is 0.0169. The number of rotatable bonds is 79. The van der Waals surface area contributed by atoms with Gasteiger partial charge in [-0.2, -0.15) is 0 Å². The molecular formula is C85H152O17P2. The molecule has 0 aromatic carbocycles. The van der Waals surface area contributed by atoms with Gasteiger partial charge in [-0.1, -0.05) is 305 Å². The highest BCUT2D eigenvalue weighted by molar-refractivity contribution is 7.47. The van der Waals surface area contributed by atoms with Crippen molar-refractivity contribution in [3.63, 3.8) is 0 Å². The van der Waals surface area contributed by atoms with E-state index in [9.17, 15) is 43.2 Å². The van der Waals surface area contributed by atoms with Crippen LogP contribution in [0.15, 0.2) is 85.1 Å². The number of phosphoric ester groups is 2. The van der Waals surface area contributed by atoms with Crippen molar-refractivity contribution in [2.75, 3.05) is 39.6 Å². The number of ether oxygens (including phenoxy) is 4. The molecule has 19 heteroatoms. The molecule has 0 aliphatic carbocycles. The van der Waals surface area contributed by atoms with E-state index in [4.69, 9.17) is 37.0 Å².